The number of alkyl halides is 4. The molecule has 2 aromatic heterocycles. The third-order valence-corrected chi connectivity index (χ3v) is 8.65. The molecule has 1 saturated heterocycles. The molecule has 0 spiro atoms. The first-order chi connectivity index (χ1) is 22.2. The quantitative estimate of drug-likeness (QED) is 0.208. The molecule has 1 N–H and O–H groups in total. The first kappa shape index (κ1) is 34.1. The van der Waals surface area contributed by atoms with Crippen molar-refractivity contribution in [2.45, 2.75) is 56.5 Å². The van der Waals surface area contributed by atoms with E-state index >= 15 is 4.39 Å². The zero-order valence-corrected chi connectivity index (χ0v) is 25.7. The molecule has 0 saturated carbocycles. The molecule has 3 heterocycles. The lowest BCUT2D eigenvalue weighted by Gasteiger charge is -2.36. The first-order valence-electron chi connectivity index (χ1n) is 14.2. The van der Waals surface area contributed by atoms with E-state index in [1.807, 2.05) is 18.7 Å². The molecular weight excluding hydrogens is 654 g/mol. The maximum absolute atomic E-state index is 15.9. The van der Waals surface area contributed by atoms with Crippen molar-refractivity contribution in [2.24, 2.45) is 0 Å². The van der Waals surface area contributed by atoms with Crippen molar-refractivity contribution in [1.29, 1.82) is 0 Å². The molecule has 1 aliphatic heterocycles. The molecule has 5 rings (SSSR count). The number of hydrogen-bond donors (Lipinski definition) is 1. The van der Waals surface area contributed by atoms with Gasteiger partial charge in [0.25, 0.3) is 5.91 Å². The highest BCUT2D eigenvalue weighted by Gasteiger charge is 2.28. The van der Waals surface area contributed by atoms with Crippen molar-refractivity contribution >= 4 is 32.3 Å². The Hall–Kier alpha value is -4.28. The van der Waals surface area contributed by atoms with Crippen molar-refractivity contribution in [3.05, 3.63) is 83.2 Å². The molecule has 0 aliphatic carbocycles. The lowest BCUT2D eigenvalue weighted by atomic mass is 10.0. The van der Waals surface area contributed by atoms with Crippen molar-refractivity contribution in [1.82, 2.24) is 15.3 Å². The molecule has 0 bridgehead atoms. The lowest BCUT2D eigenvalue weighted by Crippen LogP contribution is -2.45. The van der Waals surface area contributed by atoms with Gasteiger partial charge in [-0.25, -0.2) is 22.2 Å². The number of amides is 1. The van der Waals surface area contributed by atoms with E-state index in [0.29, 0.717) is 36.4 Å². The summed E-state index contributed by atoms with van der Waals surface area (Å²) in [5, 5.41) is 2.91. The number of anilines is 1. The average molecular weight is 683 g/mol. The summed E-state index contributed by atoms with van der Waals surface area (Å²) >= 11 is 0. The number of sulfone groups is 1. The minimum Gasteiger partial charge on any atom is -0.372 e. The van der Waals surface area contributed by atoms with Gasteiger partial charge in [0.15, 0.2) is 0 Å². The van der Waals surface area contributed by atoms with Crippen LogP contribution in [-0.4, -0.2) is 62.0 Å². The van der Waals surface area contributed by atoms with E-state index in [0.717, 1.165) is 12.1 Å². The fraction of sp³-hybridized carbons (Fsp3) is 0.323. The van der Waals surface area contributed by atoms with E-state index in [2.05, 4.69) is 20.0 Å². The van der Waals surface area contributed by atoms with Gasteiger partial charge in [-0.3, -0.25) is 9.78 Å². The number of hydrogen-bond acceptors (Lipinski definition) is 8. The second-order valence-electron chi connectivity index (χ2n) is 10.9. The zero-order chi connectivity index (χ0) is 34.0. The summed E-state index contributed by atoms with van der Waals surface area (Å²) in [5.41, 5.74) is -0.454. The average Bonchev–Trinajstić information content (AvgIpc) is 3.02. The highest BCUT2D eigenvalue weighted by Crippen LogP contribution is 2.31. The lowest BCUT2D eigenvalue weighted by molar-refractivity contribution is -0.137. The van der Waals surface area contributed by atoms with Gasteiger partial charge in [0.05, 0.1) is 41.6 Å². The van der Waals surface area contributed by atoms with Crippen LogP contribution in [0.5, 0.6) is 0 Å². The van der Waals surface area contributed by atoms with E-state index in [9.17, 15) is 35.2 Å². The second-order valence-corrected chi connectivity index (χ2v) is 12.9. The Balaban J connectivity index is 1.40. The van der Waals surface area contributed by atoms with Crippen molar-refractivity contribution in [2.75, 3.05) is 18.0 Å². The number of rotatable bonds is 10. The molecule has 2 aromatic carbocycles. The van der Waals surface area contributed by atoms with Crippen LogP contribution >= 0.6 is 0 Å². The Morgan fingerprint density at radius 3 is 2.45 bits per heavy atom. The maximum Gasteiger partial charge on any atom is 0.345 e. The number of fused-ring (bicyclic) bond motifs is 1. The Morgan fingerprint density at radius 1 is 1.04 bits per heavy atom. The molecule has 4 aromatic rings. The fourth-order valence-electron chi connectivity index (χ4n) is 5.24. The molecule has 0 radical (unpaired) electrons. The van der Waals surface area contributed by atoms with Crippen molar-refractivity contribution in [3.63, 3.8) is 0 Å². The van der Waals surface area contributed by atoms with Gasteiger partial charge in [0, 0.05) is 53.3 Å². The maximum atomic E-state index is 15.9. The molecule has 0 unspecified atom stereocenters. The Bertz CT molecular complexity index is 1900. The molecule has 1 fully saturated rings. The zero-order valence-electron chi connectivity index (χ0n) is 24.9. The summed E-state index contributed by atoms with van der Waals surface area (Å²) in [7, 11) is -5.18. The van der Waals surface area contributed by atoms with E-state index in [1.165, 1.54) is 24.4 Å². The topological polar surface area (TPSA) is 111 Å². The molecule has 9 nitrogen and oxygen atoms in total. The number of halogens is 6. The largest absolute Gasteiger partial charge is 0.372 e. The third kappa shape index (κ3) is 7.82. The summed E-state index contributed by atoms with van der Waals surface area (Å²) in [6, 6.07) is 9.17. The molecule has 2 atom stereocenters. The van der Waals surface area contributed by atoms with Crippen LogP contribution < -0.4 is 10.2 Å². The second kappa shape index (κ2) is 13.8. The predicted octanol–water partition coefficient (Wildman–Crippen LogP) is 5.85. The third-order valence-electron chi connectivity index (χ3n) is 7.29. The summed E-state index contributed by atoms with van der Waals surface area (Å²) in [5.74, 6) is -5.78. The van der Waals surface area contributed by atoms with Gasteiger partial charge in [-0.1, -0.05) is 6.07 Å². The first-order valence-corrected chi connectivity index (χ1v) is 15.8. The highest BCUT2D eigenvalue weighted by atomic mass is 32.2. The number of benzene rings is 2. The minimum atomic E-state index is -5.18. The molecule has 47 heavy (non-hydrogen) atoms. The van der Waals surface area contributed by atoms with Gasteiger partial charge in [0.2, 0.25) is 9.84 Å². The van der Waals surface area contributed by atoms with Gasteiger partial charge >= 0.3 is 12.4 Å². The smallest absolute Gasteiger partial charge is 0.345 e. The van der Waals surface area contributed by atoms with Gasteiger partial charge in [-0.2, -0.15) is 17.6 Å². The number of nitrogens with one attached hydrogen (secondary N) is 1. The molecule has 1 aliphatic rings. The number of ether oxygens (including phenoxy) is 2. The van der Waals surface area contributed by atoms with Crippen LogP contribution in [0.1, 0.15) is 35.5 Å². The Morgan fingerprint density at radius 2 is 1.77 bits per heavy atom. The normalized spacial score (nSPS) is 17.1. The summed E-state index contributed by atoms with van der Waals surface area (Å²) in [6.45, 7) is 0.305. The van der Waals surface area contributed by atoms with Crippen LogP contribution in [0, 0.1) is 11.6 Å². The summed E-state index contributed by atoms with van der Waals surface area (Å²) < 4.78 is 116. The van der Waals surface area contributed by atoms with Gasteiger partial charge in [-0.15, -0.1) is 0 Å². The number of pyridine rings is 2. The molecule has 250 valence electrons. The predicted molar refractivity (Wildman–Crippen MR) is 159 cm³/mol. The SMILES string of the molecule is C[C@@H]1CN(c2cc(F)cc(-c3ccc4cnc(CNC(=O)c5cc(COC(F)F)cc(S(=O)(=O)C(F)F)c5)cc4c3F)n2)C[C@H](C)O1. The summed E-state index contributed by atoms with van der Waals surface area (Å²) in [4.78, 5) is 22.5. The van der Waals surface area contributed by atoms with Crippen LogP contribution in [-0.2, 0) is 32.5 Å². The highest BCUT2D eigenvalue weighted by molar-refractivity contribution is 7.91. The van der Waals surface area contributed by atoms with E-state index in [-0.39, 0.29) is 46.7 Å². The van der Waals surface area contributed by atoms with Crippen LogP contribution in [0.15, 0.2) is 59.6 Å². The number of carbonyl (C=O) groups excluding carboxylic acids is 1. The van der Waals surface area contributed by atoms with Crippen LogP contribution in [0.25, 0.3) is 22.0 Å². The number of carbonyl (C=O) groups is 1. The van der Waals surface area contributed by atoms with Crippen molar-refractivity contribution in [3.8, 4) is 11.3 Å². The van der Waals surface area contributed by atoms with E-state index in [4.69, 9.17) is 4.74 Å². The van der Waals surface area contributed by atoms with Crippen molar-refractivity contribution < 1.29 is 49.0 Å². The molecule has 1 amide bonds. The van der Waals surface area contributed by atoms with Crippen LogP contribution in [0.2, 0.25) is 0 Å². The van der Waals surface area contributed by atoms with E-state index in [1.54, 1.807) is 6.07 Å². The fourth-order valence-corrected chi connectivity index (χ4v) is 6.05. The van der Waals surface area contributed by atoms with Crippen LogP contribution in [0.4, 0.5) is 32.2 Å². The number of morpholine rings is 1. The van der Waals surface area contributed by atoms with E-state index < -0.39 is 56.8 Å². The van der Waals surface area contributed by atoms with Gasteiger partial charge in [0.1, 0.15) is 17.5 Å². The van der Waals surface area contributed by atoms with Gasteiger partial charge < -0.3 is 19.7 Å². The molecule has 16 heteroatoms. The monoisotopic (exact) mass is 682 g/mol. The van der Waals surface area contributed by atoms with Crippen LogP contribution in [0.3, 0.4) is 0 Å². The Kier molecular flexibility index (Phi) is 10.0. The number of aromatic nitrogens is 2. The minimum absolute atomic E-state index is 0.0180. The number of nitrogens with zero attached hydrogens (tertiary/aromatic N) is 3. The standard InChI is InChI=1S/C31H28F6N4O5S/c1-16-13-41(14-17(2)46-16)27-9-21(32)8-26(40-27)24-4-3-19-11-38-22(10-25(19)28(24)33)12-39-29(42)20-5-18(15-45-30(34)35)6-23(7-20)47(43,44)31(36)37/h3-11,16-17,30-31H,12-15H2,1-2H3,(H,39,42)/t16-,17+. The van der Waals surface area contributed by atoms with Gasteiger partial charge in [-0.05, 0) is 49.7 Å². The Labute approximate surface area is 265 Å². The molecular formula is C31H28F6N4O5S. The summed E-state index contributed by atoms with van der Waals surface area (Å²) in [6.07, 6.45) is 1.11.